The molecule has 0 radical (unpaired) electrons. The van der Waals surface area contributed by atoms with Gasteiger partial charge in [0.2, 0.25) is 0 Å². The van der Waals surface area contributed by atoms with Crippen molar-refractivity contribution in [2.24, 2.45) is 0 Å². The second kappa shape index (κ2) is 9.68. The van der Waals surface area contributed by atoms with E-state index in [4.69, 9.17) is 12.2 Å². The van der Waals surface area contributed by atoms with E-state index in [-0.39, 0.29) is 5.91 Å². The number of nitrogens with one attached hydrogen (secondary N) is 2. The van der Waals surface area contributed by atoms with Gasteiger partial charge in [-0.05, 0) is 49.7 Å². The maximum Gasteiger partial charge on any atom is 0.257 e. The molecule has 0 spiro atoms. The van der Waals surface area contributed by atoms with Crippen LogP contribution in [0.3, 0.4) is 0 Å². The highest BCUT2D eigenvalue weighted by Gasteiger charge is 2.06. The van der Waals surface area contributed by atoms with E-state index in [1.807, 2.05) is 31.2 Å². The van der Waals surface area contributed by atoms with Gasteiger partial charge < -0.3 is 5.32 Å². The van der Waals surface area contributed by atoms with E-state index in [9.17, 15) is 4.79 Å². The van der Waals surface area contributed by atoms with E-state index in [1.54, 1.807) is 18.2 Å². The Morgan fingerprint density at radius 3 is 2.55 bits per heavy atom. The molecule has 0 bridgehead atoms. The lowest BCUT2D eigenvalue weighted by Crippen LogP contribution is -2.39. The van der Waals surface area contributed by atoms with E-state index in [1.165, 1.54) is 0 Å². The molecule has 0 aliphatic rings. The minimum Gasteiger partial charge on any atom is -0.362 e. The Morgan fingerprint density at radius 2 is 1.95 bits per heavy atom. The number of carbonyl (C=O) groups is 1. The lowest BCUT2D eigenvalue weighted by atomic mass is 10.1. The van der Waals surface area contributed by atoms with Gasteiger partial charge in [-0.15, -0.1) is 0 Å². The number of rotatable bonds is 7. The van der Waals surface area contributed by atoms with Crippen LogP contribution in [-0.2, 0) is 0 Å². The summed E-state index contributed by atoms with van der Waals surface area (Å²) in [6.45, 7) is 10.1. The van der Waals surface area contributed by atoms with Gasteiger partial charge in [0.1, 0.15) is 0 Å². The van der Waals surface area contributed by atoms with Gasteiger partial charge in [-0.1, -0.05) is 49.1 Å². The Bertz CT molecular complexity index is 573. The van der Waals surface area contributed by atoms with Gasteiger partial charge in [-0.25, -0.2) is 0 Å². The highest BCUT2D eigenvalue weighted by Crippen LogP contribution is 2.05. The van der Waals surface area contributed by atoms with Crippen LogP contribution in [0.1, 0.15) is 28.8 Å². The molecular formula is C18H22N2OS. The third kappa shape index (κ3) is 6.50. The Labute approximate surface area is 137 Å². The van der Waals surface area contributed by atoms with Gasteiger partial charge in [0.15, 0.2) is 5.11 Å². The molecule has 1 amide bonds. The molecule has 22 heavy (non-hydrogen) atoms. The molecule has 2 N–H and O–H groups in total. The van der Waals surface area contributed by atoms with E-state index < -0.39 is 0 Å². The van der Waals surface area contributed by atoms with E-state index in [0.717, 1.165) is 24.0 Å². The van der Waals surface area contributed by atoms with Crippen LogP contribution in [0.2, 0.25) is 0 Å². The lowest BCUT2D eigenvalue weighted by Gasteiger charge is -2.10. The molecule has 1 aromatic carbocycles. The molecule has 0 unspecified atom stereocenters. The summed E-state index contributed by atoms with van der Waals surface area (Å²) in [6.07, 6.45) is 7.28. The predicted octanol–water partition coefficient (Wildman–Crippen LogP) is 3.68. The Balaban J connectivity index is 2.33. The second-order valence-corrected chi connectivity index (χ2v) is 5.27. The second-order valence-electron chi connectivity index (χ2n) is 4.86. The number of allylic oxidation sites excluding steroid dienone is 4. The number of benzene rings is 1. The van der Waals surface area contributed by atoms with Gasteiger partial charge in [-0.2, -0.15) is 0 Å². The molecule has 0 aromatic heterocycles. The molecular weight excluding hydrogens is 292 g/mol. The third-order valence-corrected chi connectivity index (χ3v) is 3.31. The first-order valence-electron chi connectivity index (χ1n) is 7.16. The molecule has 0 aliphatic carbocycles. The zero-order chi connectivity index (χ0) is 16.4. The van der Waals surface area contributed by atoms with Crippen molar-refractivity contribution >= 4 is 23.2 Å². The zero-order valence-corrected chi connectivity index (χ0v) is 13.7. The number of amides is 1. The summed E-state index contributed by atoms with van der Waals surface area (Å²) in [4.78, 5) is 12.0. The third-order valence-electron chi connectivity index (χ3n) is 3.06. The van der Waals surface area contributed by atoms with E-state index in [0.29, 0.717) is 17.2 Å². The molecule has 0 heterocycles. The Hall–Kier alpha value is -2.20. The maximum absolute atomic E-state index is 12.0. The number of hydrogen-bond donors (Lipinski definition) is 2. The van der Waals surface area contributed by atoms with Crippen molar-refractivity contribution < 1.29 is 4.79 Å². The van der Waals surface area contributed by atoms with E-state index in [2.05, 4.69) is 23.8 Å². The molecule has 0 fully saturated rings. The highest BCUT2D eigenvalue weighted by atomic mass is 32.1. The molecule has 1 rings (SSSR count). The van der Waals surface area contributed by atoms with Crippen molar-refractivity contribution in [3.05, 3.63) is 72.4 Å². The number of aryl methyl sites for hydroxylation is 1. The molecule has 0 saturated carbocycles. The van der Waals surface area contributed by atoms with Crippen molar-refractivity contribution in [3.8, 4) is 0 Å². The van der Waals surface area contributed by atoms with Crippen LogP contribution < -0.4 is 10.6 Å². The van der Waals surface area contributed by atoms with Crippen molar-refractivity contribution in [3.63, 3.8) is 0 Å². The van der Waals surface area contributed by atoms with Gasteiger partial charge in [0.05, 0.1) is 0 Å². The molecule has 0 aliphatic heterocycles. The fraction of sp³-hybridized carbons (Fsp3) is 0.222. The van der Waals surface area contributed by atoms with Gasteiger partial charge in [0, 0.05) is 12.1 Å². The van der Waals surface area contributed by atoms with Crippen molar-refractivity contribution in [2.45, 2.75) is 19.8 Å². The fourth-order valence-electron chi connectivity index (χ4n) is 1.82. The number of hydrogen-bond acceptors (Lipinski definition) is 2. The van der Waals surface area contributed by atoms with Crippen LogP contribution in [-0.4, -0.2) is 17.6 Å². The van der Waals surface area contributed by atoms with Crippen molar-refractivity contribution in [1.29, 1.82) is 0 Å². The smallest absolute Gasteiger partial charge is 0.257 e. The Morgan fingerprint density at radius 1 is 1.27 bits per heavy atom. The summed E-state index contributed by atoms with van der Waals surface area (Å²) in [5, 5.41) is 6.05. The first kappa shape index (κ1) is 17.9. The SMILES string of the molecule is C=C/C=C(\C=C)CCCNC(=S)NC(=O)c1ccc(C)cc1. The number of thiocarbonyl (C=S) groups is 1. The summed E-state index contributed by atoms with van der Waals surface area (Å²) in [5.41, 5.74) is 2.84. The average Bonchev–Trinajstić information content (AvgIpc) is 2.50. The first-order chi connectivity index (χ1) is 10.6. The number of carbonyl (C=O) groups excluding carboxylic acids is 1. The average molecular weight is 314 g/mol. The van der Waals surface area contributed by atoms with Gasteiger partial charge in [0.25, 0.3) is 5.91 Å². The summed E-state index contributed by atoms with van der Waals surface area (Å²) in [5.74, 6) is -0.198. The Kier molecular flexibility index (Phi) is 7.86. The maximum atomic E-state index is 12.0. The largest absolute Gasteiger partial charge is 0.362 e. The van der Waals surface area contributed by atoms with Crippen molar-refractivity contribution in [2.75, 3.05) is 6.54 Å². The highest BCUT2D eigenvalue weighted by molar-refractivity contribution is 7.80. The van der Waals surface area contributed by atoms with Gasteiger partial charge >= 0.3 is 0 Å². The van der Waals surface area contributed by atoms with Crippen LogP contribution in [0.5, 0.6) is 0 Å². The molecule has 116 valence electrons. The predicted molar refractivity (Wildman–Crippen MR) is 97.0 cm³/mol. The molecule has 4 heteroatoms. The standard InChI is InChI=1S/C18H22N2OS/c1-4-7-15(5-2)8-6-13-19-18(22)20-17(21)16-11-9-14(3)10-12-16/h4-5,7,9-12H,1-2,6,8,13H2,3H3,(H2,19,20,21,22)/b15-7+. The summed E-state index contributed by atoms with van der Waals surface area (Å²) < 4.78 is 0. The lowest BCUT2D eigenvalue weighted by molar-refractivity contribution is 0.0976. The first-order valence-corrected chi connectivity index (χ1v) is 7.57. The zero-order valence-electron chi connectivity index (χ0n) is 12.9. The molecule has 3 nitrogen and oxygen atoms in total. The molecule has 0 atom stereocenters. The summed E-state index contributed by atoms with van der Waals surface area (Å²) >= 11 is 5.12. The van der Waals surface area contributed by atoms with Crippen LogP contribution >= 0.6 is 12.2 Å². The van der Waals surface area contributed by atoms with Crippen LogP contribution in [0.25, 0.3) is 0 Å². The van der Waals surface area contributed by atoms with Crippen LogP contribution in [0, 0.1) is 6.92 Å². The minimum atomic E-state index is -0.198. The normalized spacial score (nSPS) is 10.7. The minimum absolute atomic E-state index is 0.198. The topological polar surface area (TPSA) is 41.1 Å². The summed E-state index contributed by atoms with van der Waals surface area (Å²) in [7, 11) is 0. The van der Waals surface area contributed by atoms with Crippen molar-refractivity contribution in [1.82, 2.24) is 10.6 Å². The molecule has 0 saturated heterocycles. The quantitative estimate of drug-likeness (QED) is 0.458. The fourth-order valence-corrected chi connectivity index (χ4v) is 2.02. The van der Waals surface area contributed by atoms with Crippen LogP contribution in [0.4, 0.5) is 0 Å². The monoisotopic (exact) mass is 314 g/mol. The van der Waals surface area contributed by atoms with E-state index >= 15 is 0 Å². The van der Waals surface area contributed by atoms with Crippen LogP contribution in [0.15, 0.2) is 61.2 Å². The molecule has 1 aromatic rings. The summed E-state index contributed by atoms with van der Waals surface area (Å²) in [6, 6.07) is 7.36. The van der Waals surface area contributed by atoms with Gasteiger partial charge in [-0.3, -0.25) is 10.1 Å².